The molecule has 0 aromatic carbocycles. The van der Waals surface area contributed by atoms with E-state index in [4.69, 9.17) is 4.74 Å². The predicted molar refractivity (Wildman–Crippen MR) is 68.1 cm³/mol. The number of methoxy groups -OCH3 is 1. The number of aromatic nitrogens is 1. The number of nitrogens with zero attached hydrogens (tertiary/aromatic N) is 2. The molecule has 0 amide bonds. The Hall–Kier alpha value is -1.13. The standard InChI is InChI=1S/C13H21N3O/c1-10-7-16(8-11(2)14-10)9-12-5-4-6-13(15-12)17-3/h4-6,10-11,14H,7-9H2,1-3H3. The van der Waals surface area contributed by atoms with Crippen LogP contribution in [-0.4, -0.2) is 42.2 Å². The first kappa shape index (κ1) is 12.3. The van der Waals surface area contributed by atoms with Crippen LogP contribution in [0.1, 0.15) is 19.5 Å². The minimum Gasteiger partial charge on any atom is -0.481 e. The van der Waals surface area contributed by atoms with Crippen LogP contribution < -0.4 is 10.1 Å². The molecule has 1 aliphatic rings. The van der Waals surface area contributed by atoms with Gasteiger partial charge >= 0.3 is 0 Å². The molecule has 0 saturated carbocycles. The Morgan fingerprint density at radius 1 is 1.35 bits per heavy atom. The second kappa shape index (κ2) is 5.47. The van der Waals surface area contributed by atoms with Crippen LogP contribution in [0.2, 0.25) is 0 Å². The van der Waals surface area contributed by atoms with E-state index in [0.29, 0.717) is 18.0 Å². The largest absolute Gasteiger partial charge is 0.481 e. The van der Waals surface area contributed by atoms with Crippen LogP contribution >= 0.6 is 0 Å². The summed E-state index contributed by atoms with van der Waals surface area (Å²) in [6, 6.07) is 7.02. The number of ether oxygens (including phenoxy) is 1. The number of rotatable bonds is 3. The van der Waals surface area contributed by atoms with E-state index in [1.807, 2.05) is 12.1 Å². The Bertz CT molecular complexity index is 359. The lowest BCUT2D eigenvalue weighted by Gasteiger charge is -2.35. The van der Waals surface area contributed by atoms with Gasteiger partial charge in [-0.15, -0.1) is 0 Å². The van der Waals surface area contributed by atoms with E-state index in [1.54, 1.807) is 7.11 Å². The van der Waals surface area contributed by atoms with Crippen molar-refractivity contribution in [2.75, 3.05) is 20.2 Å². The molecule has 2 heterocycles. The average molecular weight is 235 g/mol. The molecule has 1 saturated heterocycles. The fourth-order valence-corrected chi connectivity index (χ4v) is 2.46. The van der Waals surface area contributed by atoms with Crippen LogP contribution in [0.3, 0.4) is 0 Å². The summed E-state index contributed by atoms with van der Waals surface area (Å²) >= 11 is 0. The zero-order valence-electron chi connectivity index (χ0n) is 10.8. The molecule has 1 aromatic rings. The lowest BCUT2D eigenvalue weighted by atomic mass is 10.1. The van der Waals surface area contributed by atoms with Crippen LogP contribution in [0.4, 0.5) is 0 Å². The van der Waals surface area contributed by atoms with E-state index in [-0.39, 0.29) is 0 Å². The van der Waals surface area contributed by atoms with Crippen molar-refractivity contribution < 1.29 is 4.74 Å². The van der Waals surface area contributed by atoms with Crippen molar-refractivity contribution in [3.63, 3.8) is 0 Å². The van der Waals surface area contributed by atoms with Crippen molar-refractivity contribution in [2.45, 2.75) is 32.5 Å². The van der Waals surface area contributed by atoms with Crippen molar-refractivity contribution in [3.8, 4) is 5.88 Å². The highest BCUT2D eigenvalue weighted by atomic mass is 16.5. The van der Waals surface area contributed by atoms with Crippen LogP contribution in [0.5, 0.6) is 5.88 Å². The fraction of sp³-hybridized carbons (Fsp3) is 0.615. The molecular weight excluding hydrogens is 214 g/mol. The second-order valence-corrected chi connectivity index (χ2v) is 4.83. The summed E-state index contributed by atoms with van der Waals surface area (Å²) in [6.45, 7) is 7.49. The Kier molecular flexibility index (Phi) is 3.97. The van der Waals surface area contributed by atoms with Gasteiger partial charge in [-0.2, -0.15) is 0 Å². The molecule has 0 spiro atoms. The van der Waals surface area contributed by atoms with Crippen molar-refractivity contribution in [1.82, 2.24) is 15.2 Å². The lowest BCUT2D eigenvalue weighted by molar-refractivity contribution is 0.164. The topological polar surface area (TPSA) is 37.4 Å². The minimum atomic E-state index is 0.546. The van der Waals surface area contributed by atoms with Crippen LogP contribution in [0.15, 0.2) is 18.2 Å². The zero-order valence-corrected chi connectivity index (χ0v) is 10.8. The third-order valence-electron chi connectivity index (χ3n) is 3.01. The van der Waals surface area contributed by atoms with Gasteiger partial charge in [-0.3, -0.25) is 4.90 Å². The SMILES string of the molecule is COc1cccc(CN2CC(C)NC(C)C2)n1. The van der Waals surface area contributed by atoms with Gasteiger partial charge in [0, 0.05) is 37.8 Å². The molecule has 0 aliphatic carbocycles. The molecule has 4 heteroatoms. The summed E-state index contributed by atoms with van der Waals surface area (Å²) in [5, 5.41) is 3.53. The van der Waals surface area contributed by atoms with Gasteiger partial charge in [0.1, 0.15) is 0 Å². The van der Waals surface area contributed by atoms with E-state index in [9.17, 15) is 0 Å². The Morgan fingerprint density at radius 2 is 2.06 bits per heavy atom. The molecule has 1 aliphatic heterocycles. The molecule has 4 nitrogen and oxygen atoms in total. The monoisotopic (exact) mass is 235 g/mol. The molecule has 1 fully saturated rings. The summed E-state index contributed by atoms with van der Waals surface area (Å²) in [5.41, 5.74) is 1.07. The number of nitrogens with one attached hydrogen (secondary N) is 1. The van der Waals surface area contributed by atoms with E-state index >= 15 is 0 Å². The highest BCUT2D eigenvalue weighted by molar-refractivity contribution is 5.15. The minimum absolute atomic E-state index is 0.546. The van der Waals surface area contributed by atoms with Gasteiger partial charge in [-0.25, -0.2) is 4.98 Å². The Balaban J connectivity index is 1.99. The maximum atomic E-state index is 5.14. The summed E-state index contributed by atoms with van der Waals surface area (Å²) in [6.07, 6.45) is 0. The van der Waals surface area contributed by atoms with Gasteiger partial charge in [0.25, 0.3) is 0 Å². The first-order valence-electron chi connectivity index (χ1n) is 6.15. The van der Waals surface area contributed by atoms with Crippen molar-refractivity contribution in [1.29, 1.82) is 0 Å². The average Bonchev–Trinajstić information content (AvgIpc) is 2.28. The molecule has 2 unspecified atom stereocenters. The first-order valence-corrected chi connectivity index (χ1v) is 6.15. The number of hydrogen-bond acceptors (Lipinski definition) is 4. The number of hydrogen-bond donors (Lipinski definition) is 1. The number of pyridine rings is 1. The molecular formula is C13H21N3O. The van der Waals surface area contributed by atoms with Gasteiger partial charge < -0.3 is 10.1 Å². The molecule has 94 valence electrons. The Labute approximate surface area is 103 Å². The molecule has 0 radical (unpaired) electrons. The van der Waals surface area contributed by atoms with E-state index in [2.05, 4.69) is 35.1 Å². The third kappa shape index (κ3) is 3.41. The summed E-state index contributed by atoms with van der Waals surface area (Å²) in [5.74, 6) is 0.693. The van der Waals surface area contributed by atoms with Crippen LogP contribution in [0, 0.1) is 0 Å². The molecule has 2 rings (SSSR count). The van der Waals surface area contributed by atoms with E-state index in [1.165, 1.54) is 0 Å². The van der Waals surface area contributed by atoms with Crippen LogP contribution in [-0.2, 0) is 6.54 Å². The van der Waals surface area contributed by atoms with Gasteiger partial charge in [0.2, 0.25) is 5.88 Å². The molecule has 0 bridgehead atoms. The van der Waals surface area contributed by atoms with Crippen molar-refractivity contribution in [2.24, 2.45) is 0 Å². The van der Waals surface area contributed by atoms with Gasteiger partial charge in [0.05, 0.1) is 12.8 Å². The van der Waals surface area contributed by atoms with Crippen molar-refractivity contribution in [3.05, 3.63) is 23.9 Å². The highest BCUT2D eigenvalue weighted by Gasteiger charge is 2.21. The summed E-state index contributed by atoms with van der Waals surface area (Å²) < 4.78 is 5.14. The van der Waals surface area contributed by atoms with Gasteiger partial charge in [0.15, 0.2) is 0 Å². The lowest BCUT2D eigenvalue weighted by Crippen LogP contribution is -2.53. The fourth-order valence-electron chi connectivity index (χ4n) is 2.46. The predicted octanol–water partition coefficient (Wildman–Crippen LogP) is 1.27. The van der Waals surface area contributed by atoms with E-state index in [0.717, 1.165) is 25.3 Å². The van der Waals surface area contributed by atoms with Gasteiger partial charge in [-0.1, -0.05) is 6.07 Å². The molecule has 1 aromatic heterocycles. The van der Waals surface area contributed by atoms with Crippen molar-refractivity contribution >= 4 is 0 Å². The molecule has 2 atom stereocenters. The molecule has 17 heavy (non-hydrogen) atoms. The van der Waals surface area contributed by atoms with Crippen LogP contribution in [0.25, 0.3) is 0 Å². The first-order chi connectivity index (χ1) is 8.17. The zero-order chi connectivity index (χ0) is 12.3. The second-order valence-electron chi connectivity index (χ2n) is 4.83. The maximum Gasteiger partial charge on any atom is 0.213 e. The smallest absolute Gasteiger partial charge is 0.213 e. The summed E-state index contributed by atoms with van der Waals surface area (Å²) in [7, 11) is 1.65. The van der Waals surface area contributed by atoms with E-state index < -0.39 is 0 Å². The highest BCUT2D eigenvalue weighted by Crippen LogP contribution is 2.11. The van der Waals surface area contributed by atoms with Gasteiger partial charge in [-0.05, 0) is 19.9 Å². The third-order valence-corrected chi connectivity index (χ3v) is 3.01. The Morgan fingerprint density at radius 3 is 2.71 bits per heavy atom. The summed E-state index contributed by atoms with van der Waals surface area (Å²) in [4.78, 5) is 6.89. The molecule has 1 N–H and O–H groups in total. The quantitative estimate of drug-likeness (QED) is 0.856. The maximum absolute atomic E-state index is 5.14. The normalized spacial score (nSPS) is 25.8. The number of piperazine rings is 1.